The van der Waals surface area contributed by atoms with Crippen LogP contribution in [0.4, 0.5) is 0 Å². The average molecular weight is 434 g/mol. The van der Waals surface area contributed by atoms with Crippen LogP contribution in [0.1, 0.15) is 24.5 Å². The van der Waals surface area contributed by atoms with E-state index in [1.165, 1.54) is 11.1 Å². The Hall–Kier alpha value is -0.860. The van der Waals surface area contributed by atoms with Gasteiger partial charge in [-0.2, -0.15) is 0 Å². The Morgan fingerprint density at radius 2 is 1.96 bits per heavy atom. The summed E-state index contributed by atoms with van der Waals surface area (Å²) in [4.78, 5) is 6.41. The first-order valence-electron chi connectivity index (χ1n) is 7.90. The molecule has 0 unspecified atom stereocenters. The van der Waals surface area contributed by atoms with Crippen molar-refractivity contribution in [3.8, 4) is 0 Å². The highest BCUT2D eigenvalue weighted by Gasteiger charge is 2.00. The molecule has 0 bridgehead atoms. The summed E-state index contributed by atoms with van der Waals surface area (Å²) in [7, 11) is 5.96. The number of halogens is 1. The molecular weight excluding hydrogens is 403 g/mol. The van der Waals surface area contributed by atoms with E-state index < -0.39 is 0 Å². The first-order valence-corrected chi connectivity index (χ1v) is 7.90. The summed E-state index contributed by atoms with van der Waals surface area (Å²) >= 11 is 0. The number of nitrogens with zero attached hydrogens (tertiary/aromatic N) is 2. The topological polar surface area (TPSA) is 48.9 Å². The number of hydrogen-bond donors (Lipinski definition) is 2. The predicted octanol–water partition coefficient (Wildman–Crippen LogP) is 2.46. The van der Waals surface area contributed by atoms with Crippen molar-refractivity contribution in [2.24, 2.45) is 4.99 Å². The maximum absolute atomic E-state index is 5.32. The molecule has 1 rings (SSSR count). The van der Waals surface area contributed by atoms with Crippen LogP contribution in [-0.4, -0.2) is 51.8 Å². The predicted molar refractivity (Wildman–Crippen MR) is 109 cm³/mol. The van der Waals surface area contributed by atoms with E-state index in [4.69, 9.17) is 4.74 Å². The average Bonchev–Trinajstić information content (AvgIpc) is 2.50. The Balaban J connectivity index is 0.00000484. The molecule has 132 valence electrons. The molecule has 0 spiro atoms. The summed E-state index contributed by atoms with van der Waals surface area (Å²) in [5, 5.41) is 6.64. The van der Waals surface area contributed by atoms with Gasteiger partial charge < -0.3 is 20.3 Å². The second-order valence-electron chi connectivity index (χ2n) is 5.46. The standard InChI is InChI=1S/C17H30N4O.HI/c1-5-22-11-7-10-19-17(18-2)20-13-15-8-6-9-16(12-15)14-21(3)4;/h6,8-9,12H,5,7,10-11,13-14H2,1-4H3,(H2,18,19,20);1H. The molecule has 6 heteroatoms. The lowest BCUT2D eigenvalue weighted by atomic mass is 10.1. The molecule has 0 amide bonds. The zero-order chi connectivity index (χ0) is 16.2. The van der Waals surface area contributed by atoms with Gasteiger partial charge in [0.05, 0.1) is 0 Å². The maximum Gasteiger partial charge on any atom is 0.191 e. The van der Waals surface area contributed by atoms with E-state index in [1.807, 2.05) is 6.92 Å². The molecule has 1 aromatic rings. The van der Waals surface area contributed by atoms with Crippen LogP contribution in [0.15, 0.2) is 29.3 Å². The van der Waals surface area contributed by atoms with E-state index in [0.717, 1.165) is 45.2 Å². The van der Waals surface area contributed by atoms with Crippen molar-refractivity contribution in [2.45, 2.75) is 26.4 Å². The highest BCUT2D eigenvalue weighted by atomic mass is 127. The van der Waals surface area contributed by atoms with Gasteiger partial charge in [0.15, 0.2) is 5.96 Å². The first kappa shape index (κ1) is 22.1. The lowest BCUT2D eigenvalue weighted by Crippen LogP contribution is -2.37. The number of rotatable bonds is 9. The van der Waals surface area contributed by atoms with E-state index in [-0.39, 0.29) is 24.0 Å². The molecule has 0 heterocycles. The van der Waals surface area contributed by atoms with Gasteiger partial charge in [-0.1, -0.05) is 24.3 Å². The van der Waals surface area contributed by atoms with Crippen LogP contribution in [0.2, 0.25) is 0 Å². The Labute approximate surface area is 157 Å². The van der Waals surface area contributed by atoms with Gasteiger partial charge in [-0.15, -0.1) is 24.0 Å². The van der Waals surface area contributed by atoms with Crippen molar-refractivity contribution < 1.29 is 4.74 Å². The fraction of sp³-hybridized carbons (Fsp3) is 0.588. The van der Waals surface area contributed by atoms with Crippen LogP contribution >= 0.6 is 24.0 Å². The summed E-state index contributed by atoms with van der Waals surface area (Å²) in [6, 6.07) is 8.63. The Kier molecular flexibility index (Phi) is 13.1. The smallest absolute Gasteiger partial charge is 0.191 e. The van der Waals surface area contributed by atoms with Crippen molar-refractivity contribution in [1.82, 2.24) is 15.5 Å². The molecule has 0 aromatic heterocycles. The van der Waals surface area contributed by atoms with E-state index >= 15 is 0 Å². The molecule has 0 atom stereocenters. The molecule has 0 aliphatic rings. The van der Waals surface area contributed by atoms with Crippen LogP contribution in [0.3, 0.4) is 0 Å². The minimum Gasteiger partial charge on any atom is -0.382 e. The normalized spacial score (nSPS) is 11.3. The van der Waals surface area contributed by atoms with Gasteiger partial charge in [-0.25, -0.2) is 0 Å². The number of nitrogens with one attached hydrogen (secondary N) is 2. The van der Waals surface area contributed by atoms with Gasteiger partial charge in [-0.3, -0.25) is 4.99 Å². The minimum atomic E-state index is 0. The molecule has 23 heavy (non-hydrogen) atoms. The summed E-state index contributed by atoms with van der Waals surface area (Å²) in [5.74, 6) is 0.828. The number of ether oxygens (including phenoxy) is 1. The van der Waals surface area contributed by atoms with Crippen LogP contribution in [0, 0.1) is 0 Å². The molecule has 0 saturated carbocycles. The molecular formula is C17H31IN4O. The van der Waals surface area contributed by atoms with Crippen LogP contribution in [0.25, 0.3) is 0 Å². The van der Waals surface area contributed by atoms with Gasteiger partial charge in [0.2, 0.25) is 0 Å². The Bertz CT molecular complexity index is 452. The van der Waals surface area contributed by atoms with Crippen molar-refractivity contribution in [3.05, 3.63) is 35.4 Å². The summed E-state index contributed by atoms with van der Waals surface area (Å²) in [5.41, 5.74) is 2.58. The number of hydrogen-bond acceptors (Lipinski definition) is 3. The monoisotopic (exact) mass is 434 g/mol. The van der Waals surface area contributed by atoms with E-state index in [9.17, 15) is 0 Å². The zero-order valence-corrected chi connectivity index (χ0v) is 17.1. The van der Waals surface area contributed by atoms with E-state index in [2.05, 4.69) is 58.9 Å². The van der Waals surface area contributed by atoms with Crippen molar-refractivity contribution >= 4 is 29.9 Å². The third-order valence-electron chi connectivity index (χ3n) is 3.14. The highest BCUT2D eigenvalue weighted by Crippen LogP contribution is 2.06. The Morgan fingerprint density at radius 1 is 1.22 bits per heavy atom. The van der Waals surface area contributed by atoms with Crippen LogP contribution in [-0.2, 0) is 17.8 Å². The molecule has 5 nitrogen and oxygen atoms in total. The molecule has 0 fully saturated rings. The van der Waals surface area contributed by atoms with Gasteiger partial charge in [-0.05, 0) is 38.6 Å². The molecule has 0 saturated heterocycles. The summed E-state index contributed by atoms with van der Waals surface area (Å²) < 4.78 is 5.32. The highest BCUT2D eigenvalue weighted by molar-refractivity contribution is 14.0. The van der Waals surface area contributed by atoms with Crippen molar-refractivity contribution in [2.75, 3.05) is 40.9 Å². The maximum atomic E-state index is 5.32. The SMILES string of the molecule is CCOCCCNC(=NC)NCc1cccc(CN(C)C)c1.I. The quantitative estimate of drug-likeness (QED) is 0.271. The van der Waals surface area contributed by atoms with E-state index in [0.29, 0.717) is 0 Å². The third-order valence-corrected chi connectivity index (χ3v) is 3.14. The van der Waals surface area contributed by atoms with Crippen molar-refractivity contribution in [1.29, 1.82) is 0 Å². The molecule has 0 aliphatic carbocycles. The minimum absolute atomic E-state index is 0. The zero-order valence-electron chi connectivity index (χ0n) is 14.8. The lowest BCUT2D eigenvalue weighted by molar-refractivity contribution is 0.145. The lowest BCUT2D eigenvalue weighted by Gasteiger charge is -2.13. The van der Waals surface area contributed by atoms with Crippen LogP contribution in [0.5, 0.6) is 0 Å². The van der Waals surface area contributed by atoms with Gasteiger partial charge in [0, 0.05) is 39.9 Å². The van der Waals surface area contributed by atoms with Crippen molar-refractivity contribution in [3.63, 3.8) is 0 Å². The molecule has 1 aromatic carbocycles. The molecule has 0 radical (unpaired) electrons. The van der Waals surface area contributed by atoms with Gasteiger partial charge >= 0.3 is 0 Å². The molecule has 0 aliphatic heterocycles. The van der Waals surface area contributed by atoms with E-state index in [1.54, 1.807) is 7.05 Å². The first-order chi connectivity index (χ1) is 10.7. The fourth-order valence-corrected chi connectivity index (χ4v) is 2.13. The van der Waals surface area contributed by atoms with Gasteiger partial charge in [0.25, 0.3) is 0 Å². The summed E-state index contributed by atoms with van der Waals surface area (Å²) in [6.07, 6.45) is 0.979. The second kappa shape index (κ2) is 13.6. The Morgan fingerprint density at radius 3 is 2.61 bits per heavy atom. The third kappa shape index (κ3) is 10.5. The largest absolute Gasteiger partial charge is 0.382 e. The molecule has 2 N–H and O–H groups in total. The fourth-order valence-electron chi connectivity index (χ4n) is 2.13. The number of benzene rings is 1. The van der Waals surface area contributed by atoms with Crippen LogP contribution < -0.4 is 10.6 Å². The second-order valence-corrected chi connectivity index (χ2v) is 5.46. The summed E-state index contributed by atoms with van der Waals surface area (Å²) in [6.45, 7) is 6.16. The number of aliphatic imine (C=N–C) groups is 1. The van der Waals surface area contributed by atoms with Gasteiger partial charge in [0.1, 0.15) is 0 Å². The number of guanidine groups is 1.